The van der Waals surface area contributed by atoms with Crippen LogP contribution in [0.4, 0.5) is 0 Å². The molecule has 0 saturated heterocycles. The average Bonchev–Trinajstić information content (AvgIpc) is 2.97. The molecule has 3 aromatic rings. The first kappa shape index (κ1) is 18.0. The fourth-order valence-electron chi connectivity index (χ4n) is 2.71. The number of para-hydroxylation sites is 3. The van der Waals surface area contributed by atoms with Gasteiger partial charge in [0.25, 0.3) is 0 Å². The lowest BCUT2D eigenvalue weighted by atomic mass is 9.96. The minimum Gasteiger partial charge on any atom is -0.492 e. The first-order chi connectivity index (χ1) is 12.4. The van der Waals surface area contributed by atoms with E-state index in [0.717, 1.165) is 22.6 Å². The Morgan fingerprint density at radius 1 is 1.08 bits per heavy atom. The van der Waals surface area contributed by atoms with Gasteiger partial charge >= 0.3 is 0 Å². The van der Waals surface area contributed by atoms with Crippen LogP contribution in [0.2, 0.25) is 0 Å². The van der Waals surface area contributed by atoms with Gasteiger partial charge in [-0.15, -0.1) is 0 Å². The van der Waals surface area contributed by atoms with E-state index in [2.05, 4.69) is 14.9 Å². The third-order valence-corrected chi connectivity index (χ3v) is 4.15. The maximum absolute atomic E-state index is 12.2. The van der Waals surface area contributed by atoms with E-state index < -0.39 is 5.41 Å². The molecule has 0 aliphatic rings. The van der Waals surface area contributed by atoms with Gasteiger partial charge in [-0.05, 0) is 24.3 Å². The van der Waals surface area contributed by atoms with Crippen LogP contribution in [0.15, 0.2) is 54.6 Å². The number of carbonyl (C=O) groups excluding carboxylic acids is 1. The average molecular weight is 351 g/mol. The van der Waals surface area contributed by atoms with E-state index in [0.29, 0.717) is 19.7 Å². The van der Waals surface area contributed by atoms with Gasteiger partial charge < -0.3 is 14.6 Å². The number of rotatable bonds is 6. The Labute approximate surface area is 154 Å². The molecule has 0 radical (unpaired) electrons. The summed E-state index contributed by atoms with van der Waals surface area (Å²) >= 11 is 0. The second kappa shape index (κ2) is 7.60. The second-order valence-electron chi connectivity index (χ2n) is 7.26. The van der Waals surface area contributed by atoms with Gasteiger partial charge in [0.2, 0.25) is 5.91 Å². The first-order valence-corrected chi connectivity index (χ1v) is 8.85. The minimum absolute atomic E-state index is 0.0108. The topological polar surface area (TPSA) is 56.2 Å². The SMILES string of the molecule is CC(C)(C)C(=O)NCc1nc2ccccc2n1CCOc1ccccc1. The van der Waals surface area contributed by atoms with Crippen LogP contribution in [-0.4, -0.2) is 22.1 Å². The maximum Gasteiger partial charge on any atom is 0.225 e. The fraction of sp³-hybridized carbons (Fsp3) is 0.333. The lowest BCUT2D eigenvalue weighted by Crippen LogP contribution is -2.35. The smallest absolute Gasteiger partial charge is 0.225 e. The zero-order valence-electron chi connectivity index (χ0n) is 15.5. The first-order valence-electron chi connectivity index (χ1n) is 8.85. The Bertz CT molecular complexity index is 879. The highest BCUT2D eigenvalue weighted by Crippen LogP contribution is 2.18. The van der Waals surface area contributed by atoms with E-state index in [-0.39, 0.29) is 5.91 Å². The Morgan fingerprint density at radius 2 is 1.77 bits per heavy atom. The van der Waals surface area contributed by atoms with Crippen molar-refractivity contribution in [3.05, 3.63) is 60.4 Å². The number of hydrogen-bond donors (Lipinski definition) is 1. The predicted octanol–water partition coefficient (Wildman–Crippen LogP) is 3.78. The number of imidazole rings is 1. The molecule has 0 aliphatic carbocycles. The van der Waals surface area contributed by atoms with Gasteiger partial charge in [-0.1, -0.05) is 51.1 Å². The Balaban J connectivity index is 1.75. The maximum atomic E-state index is 12.2. The van der Waals surface area contributed by atoms with Crippen molar-refractivity contribution in [3.8, 4) is 5.75 Å². The lowest BCUT2D eigenvalue weighted by Gasteiger charge is -2.18. The van der Waals surface area contributed by atoms with Crippen molar-refractivity contribution in [2.45, 2.75) is 33.9 Å². The molecule has 5 heteroatoms. The summed E-state index contributed by atoms with van der Waals surface area (Å²) in [4.78, 5) is 16.9. The molecule has 5 nitrogen and oxygen atoms in total. The molecule has 1 aromatic heterocycles. The Morgan fingerprint density at radius 3 is 2.50 bits per heavy atom. The third kappa shape index (κ3) is 4.23. The monoisotopic (exact) mass is 351 g/mol. The Kier molecular flexibility index (Phi) is 5.26. The molecule has 3 rings (SSSR count). The molecule has 136 valence electrons. The lowest BCUT2D eigenvalue weighted by molar-refractivity contribution is -0.128. The quantitative estimate of drug-likeness (QED) is 0.735. The molecular formula is C21H25N3O2. The Hall–Kier alpha value is -2.82. The molecule has 0 fully saturated rings. The molecule has 0 saturated carbocycles. The van der Waals surface area contributed by atoms with E-state index in [1.165, 1.54) is 0 Å². The molecule has 26 heavy (non-hydrogen) atoms. The van der Waals surface area contributed by atoms with Crippen molar-refractivity contribution in [1.82, 2.24) is 14.9 Å². The van der Waals surface area contributed by atoms with Gasteiger partial charge in [0.05, 0.1) is 24.1 Å². The standard InChI is InChI=1S/C21H25N3O2/c1-21(2,3)20(25)22-15-19-23-17-11-7-8-12-18(17)24(19)13-14-26-16-9-5-4-6-10-16/h4-12H,13-15H2,1-3H3,(H,22,25). The van der Waals surface area contributed by atoms with Crippen LogP contribution in [-0.2, 0) is 17.9 Å². The number of nitrogens with one attached hydrogen (secondary N) is 1. The summed E-state index contributed by atoms with van der Waals surface area (Å²) in [5.41, 5.74) is 1.55. The van der Waals surface area contributed by atoms with Gasteiger partial charge in [-0.25, -0.2) is 4.98 Å². The molecule has 0 aliphatic heterocycles. The normalized spacial score (nSPS) is 11.5. The van der Waals surface area contributed by atoms with E-state index in [9.17, 15) is 4.79 Å². The highest BCUT2D eigenvalue weighted by molar-refractivity contribution is 5.81. The summed E-state index contributed by atoms with van der Waals surface area (Å²) in [7, 11) is 0. The summed E-state index contributed by atoms with van der Waals surface area (Å²) in [5, 5.41) is 2.99. The van der Waals surface area contributed by atoms with Crippen LogP contribution >= 0.6 is 0 Å². The van der Waals surface area contributed by atoms with Crippen molar-refractivity contribution in [3.63, 3.8) is 0 Å². The fourth-order valence-corrected chi connectivity index (χ4v) is 2.71. The van der Waals surface area contributed by atoms with Crippen LogP contribution in [0.5, 0.6) is 5.75 Å². The molecule has 0 unspecified atom stereocenters. The summed E-state index contributed by atoms with van der Waals surface area (Å²) < 4.78 is 7.94. The number of aromatic nitrogens is 2. The predicted molar refractivity (Wildman–Crippen MR) is 103 cm³/mol. The molecular weight excluding hydrogens is 326 g/mol. The number of carbonyl (C=O) groups is 1. The van der Waals surface area contributed by atoms with Gasteiger partial charge in [-0.2, -0.15) is 0 Å². The molecule has 0 atom stereocenters. The number of benzene rings is 2. The van der Waals surface area contributed by atoms with Crippen LogP contribution in [0, 0.1) is 5.41 Å². The van der Waals surface area contributed by atoms with E-state index in [1.54, 1.807) is 0 Å². The van der Waals surface area contributed by atoms with Gasteiger partial charge in [-0.3, -0.25) is 4.79 Å². The summed E-state index contributed by atoms with van der Waals surface area (Å²) in [5.74, 6) is 1.69. The van der Waals surface area contributed by atoms with Gasteiger partial charge in [0.1, 0.15) is 18.2 Å². The molecule has 1 heterocycles. The number of amides is 1. The molecule has 1 amide bonds. The summed E-state index contributed by atoms with van der Waals surface area (Å²) in [6.07, 6.45) is 0. The number of hydrogen-bond acceptors (Lipinski definition) is 3. The molecule has 1 N–H and O–H groups in total. The number of nitrogens with zero attached hydrogens (tertiary/aromatic N) is 2. The van der Waals surface area contributed by atoms with Crippen LogP contribution in [0.3, 0.4) is 0 Å². The number of fused-ring (bicyclic) bond motifs is 1. The number of ether oxygens (including phenoxy) is 1. The zero-order valence-corrected chi connectivity index (χ0v) is 15.5. The zero-order chi connectivity index (χ0) is 18.6. The largest absolute Gasteiger partial charge is 0.492 e. The van der Waals surface area contributed by atoms with Crippen molar-refractivity contribution in [2.24, 2.45) is 5.41 Å². The van der Waals surface area contributed by atoms with Gasteiger partial charge in [0.15, 0.2) is 0 Å². The van der Waals surface area contributed by atoms with Crippen LogP contribution in [0.1, 0.15) is 26.6 Å². The van der Waals surface area contributed by atoms with Crippen molar-refractivity contribution >= 4 is 16.9 Å². The van der Waals surface area contributed by atoms with Gasteiger partial charge in [0, 0.05) is 5.41 Å². The summed E-state index contributed by atoms with van der Waals surface area (Å²) in [6, 6.07) is 17.7. The van der Waals surface area contributed by atoms with E-state index in [4.69, 9.17) is 4.74 Å². The molecule has 0 spiro atoms. The van der Waals surface area contributed by atoms with E-state index >= 15 is 0 Å². The highest BCUT2D eigenvalue weighted by Gasteiger charge is 2.21. The second-order valence-corrected chi connectivity index (χ2v) is 7.26. The van der Waals surface area contributed by atoms with Crippen LogP contribution in [0.25, 0.3) is 11.0 Å². The molecule has 0 bridgehead atoms. The molecule has 2 aromatic carbocycles. The van der Waals surface area contributed by atoms with Crippen molar-refractivity contribution in [2.75, 3.05) is 6.61 Å². The van der Waals surface area contributed by atoms with Crippen molar-refractivity contribution < 1.29 is 9.53 Å². The third-order valence-electron chi connectivity index (χ3n) is 4.15. The highest BCUT2D eigenvalue weighted by atomic mass is 16.5. The van der Waals surface area contributed by atoms with Crippen LogP contribution < -0.4 is 10.1 Å². The van der Waals surface area contributed by atoms with E-state index in [1.807, 2.05) is 75.4 Å². The summed E-state index contributed by atoms with van der Waals surface area (Å²) in [6.45, 7) is 7.30. The van der Waals surface area contributed by atoms with Crippen molar-refractivity contribution in [1.29, 1.82) is 0 Å². The minimum atomic E-state index is -0.423.